The van der Waals surface area contributed by atoms with Crippen molar-refractivity contribution in [2.75, 3.05) is 11.9 Å². The maximum atomic E-state index is 13.4. The quantitative estimate of drug-likeness (QED) is 0.486. The van der Waals surface area contributed by atoms with Gasteiger partial charge in [-0.05, 0) is 28.7 Å². The Morgan fingerprint density at radius 1 is 1.16 bits per heavy atom. The molecule has 0 fully saturated rings. The molecule has 32 heavy (non-hydrogen) atoms. The topological polar surface area (TPSA) is 112 Å². The van der Waals surface area contributed by atoms with Crippen molar-refractivity contribution < 1.29 is 18.3 Å². The number of anilines is 1. The monoisotopic (exact) mass is 474 g/mol. The average Bonchev–Trinajstić information content (AvgIpc) is 3.19. The summed E-state index contributed by atoms with van der Waals surface area (Å²) in [4.78, 5) is 19.1. The molecule has 0 aliphatic carbocycles. The molecule has 0 saturated carbocycles. The molecule has 0 saturated heterocycles. The number of nitrogens with zero attached hydrogens (tertiary/aromatic N) is 3. The van der Waals surface area contributed by atoms with Gasteiger partial charge in [-0.2, -0.15) is 4.31 Å². The molecule has 2 heterocycles. The van der Waals surface area contributed by atoms with Crippen LogP contribution < -0.4 is 5.32 Å². The molecule has 0 aliphatic rings. The lowest BCUT2D eigenvalue weighted by atomic mass is 9.87. The summed E-state index contributed by atoms with van der Waals surface area (Å²) in [6.45, 7) is 6.32. The summed E-state index contributed by atoms with van der Waals surface area (Å²) in [5, 5.41) is 13.7. The lowest BCUT2D eigenvalue weighted by Crippen LogP contribution is -2.30. The fourth-order valence-electron chi connectivity index (χ4n) is 2.98. The van der Waals surface area contributed by atoms with E-state index in [0.717, 1.165) is 11.1 Å². The van der Waals surface area contributed by atoms with E-state index in [1.54, 1.807) is 11.4 Å². The van der Waals surface area contributed by atoms with Crippen LogP contribution in [0.5, 0.6) is 0 Å². The fraction of sp³-hybridized carbons (Fsp3) is 0.318. The van der Waals surface area contributed by atoms with Crippen LogP contribution in [0.15, 0.2) is 59.1 Å². The molecule has 0 radical (unpaired) electrons. The number of benzene rings is 1. The molecule has 0 bridgehead atoms. The molecular formula is C22H26N4O4S2. The minimum absolute atomic E-state index is 0.0000482. The first-order valence-electron chi connectivity index (χ1n) is 9.95. The summed E-state index contributed by atoms with van der Waals surface area (Å²) in [6.07, 6.45) is 2.85. The highest BCUT2D eigenvalue weighted by molar-refractivity contribution is 7.89. The van der Waals surface area contributed by atoms with Gasteiger partial charge >= 0.3 is 5.97 Å². The average molecular weight is 475 g/mol. The van der Waals surface area contributed by atoms with Crippen LogP contribution in [0.3, 0.4) is 0 Å². The Morgan fingerprint density at radius 2 is 1.88 bits per heavy atom. The number of hydrogen-bond acceptors (Lipinski definition) is 7. The van der Waals surface area contributed by atoms with E-state index in [2.05, 4.69) is 36.1 Å². The third-order valence-corrected chi connectivity index (χ3v) is 7.36. The maximum absolute atomic E-state index is 13.4. The van der Waals surface area contributed by atoms with Crippen LogP contribution in [-0.2, 0) is 33.3 Å². The Bertz CT molecular complexity index is 1150. The number of aromatic nitrogens is 2. The number of pyridine rings is 1. The lowest BCUT2D eigenvalue weighted by Gasteiger charge is -2.23. The zero-order chi connectivity index (χ0) is 23.4. The first-order valence-corrected chi connectivity index (χ1v) is 12.3. The van der Waals surface area contributed by atoms with Crippen LogP contribution in [-0.4, -0.2) is 40.3 Å². The Kier molecular flexibility index (Phi) is 7.27. The van der Waals surface area contributed by atoms with Crippen LogP contribution in [0, 0.1) is 0 Å². The number of carboxylic acids is 1. The van der Waals surface area contributed by atoms with Crippen LogP contribution >= 0.6 is 11.3 Å². The Labute approximate surface area is 192 Å². The van der Waals surface area contributed by atoms with Crippen molar-refractivity contribution >= 4 is 32.5 Å². The number of rotatable bonds is 9. The molecule has 1 aromatic carbocycles. The molecule has 2 aromatic heterocycles. The van der Waals surface area contributed by atoms with Crippen molar-refractivity contribution in [3.05, 3.63) is 71.0 Å². The smallest absolute Gasteiger partial charge is 0.322 e. The first kappa shape index (κ1) is 23.8. The molecule has 2 N–H and O–H groups in total. The molecule has 10 heteroatoms. The van der Waals surface area contributed by atoms with Gasteiger partial charge in [0.05, 0.1) is 12.2 Å². The number of aliphatic carboxylic acids is 1. The third-order valence-electron chi connectivity index (χ3n) is 4.73. The summed E-state index contributed by atoms with van der Waals surface area (Å²) < 4.78 is 28.1. The molecule has 0 amide bonds. The van der Waals surface area contributed by atoms with E-state index in [-0.39, 0.29) is 29.9 Å². The molecule has 0 atom stereocenters. The Morgan fingerprint density at radius 3 is 2.47 bits per heavy atom. The zero-order valence-electron chi connectivity index (χ0n) is 18.1. The van der Waals surface area contributed by atoms with Gasteiger partial charge < -0.3 is 10.4 Å². The number of carboxylic acid groups (broad SMARTS) is 1. The third kappa shape index (κ3) is 6.12. The van der Waals surface area contributed by atoms with Crippen molar-refractivity contribution in [2.45, 2.75) is 44.2 Å². The Hall–Kier alpha value is -2.82. The van der Waals surface area contributed by atoms with Crippen molar-refractivity contribution in [2.24, 2.45) is 0 Å². The largest absolute Gasteiger partial charge is 0.480 e. The van der Waals surface area contributed by atoms with Crippen molar-refractivity contribution in [3.63, 3.8) is 0 Å². The molecule has 170 valence electrons. The second-order valence-electron chi connectivity index (χ2n) is 8.30. The highest BCUT2D eigenvalue weighted by Gasteiger charge is 2.26. The van der Waals surface area contributed by atoms with Crippen molar-refractivity contribution in [1.29, 1.82) is 0 Å². The number of thiazole rings is 1. The fourth-order valence-corrected chi connectivity index (χ4v) is 5.05. The van der Waals surface area contributed by atoms with Gasteiger partial charge in [-0.25, -0.2) is 13.4 Å². The van der Waals surface area contributed by atoms with E-state index in [1.807, 2.05) is 24.3 Å². The van der Waals surface area contributed by atoms with Gasteiger partial charge in [0.15, 0.2) is 5.13 Å². The van der Waals surface area contributed by atoms with Gasteiger partial charge in [0.1, 0.15) is 11.4 Å². The predicted octanol–water partition coefficient (Wildman–Crippen LogP) is 3.72. The van der Waals surface area contributed by atoms with Gasteiger partial charge in [-0.3, -0.25) is 9.78 Å². The van der Waals surface area contributed by atoms with Crippen LogP contribution in [0.4, 0.5) is 5.13 Å². The predicted molar refractivity (Wildman–Crippen MR) is 124 cm³/mol. The summed E-state index contributed by atoms with van der Waals surface area (Å²) in [6, 6.07) is 11.0. The molecule has 3 rings (SSSR count). The molecule has 0 unspecified atom stereocenters. The van der Waals surface area contributed by atoms with Crippen molar-refractivity contribution in [3.8, 4) is 0 Å². The molecule has 8 nitrogen and oxygen atoms in total. The van der Waals surface area contributed by atoms with Gasteiger partial charge in [-0.1, -0.05) is 45.0 Å². The van der Waals surface area contributed by atoms with E-state index in [4.69, 9.17) is 5.11 Å². The lowest BCUT2D eigenvalue weighted by molar-refractivity contribution is -0.134. The molecular weight excluding hydrogens is 448 g/mol. The number of carbonyl (C=O) groups is 1. The summed E-state index contributed by atoms with van der Waals surface area (Å²) >= 11 is 1.23. The van der Waals surface area contributed by atoms with E-state index in [1.165, 1.54) is 34.1 Å². The summed E-state index contributed by atoms with van der Waals surface area (Å²) in [7, 11) is -3.83. The Balaban J connectivity index is 1.87. The summed E-state index contributed by atoms with van der Waals surface area (Å²) in [5.41, 5.74) is 2.54. The minimum Gasteiger partial charge on any atom is -0.480 e. The van der Waals surface area contributed by atoms with E-state index < -0.39 is 16.0 Å². The number of hydrogen-bond donors (Lipinski definition) is 2. The molecule has 3 aromatic rings. The van der Waals surface area contributed by atoms with Gasteiger partial charge in [0, 0.05) is 24.3 Å². The van der Waals surface area contributed by atoms with E-state index in [9.17, 15) is 13.2 Å². The minimum atomic E-state index is -3.83. The number of sulfonamides is 1. The van der Waals surface area contributed by atoms with Gasteiger partial charge in [-0.15, -0.1) is 11.3 Å². The SMILES string of the molecule is CC(C)(C)c1ccc(CN(Cc2csc(NCC(=O)O)n2)S(=O)(=O)c2cccnc2)cc1. The maximum Gasteiger partial charge on any atom is 0.322 e. The van der Waals surface area contributed by atoms with Crippen LogP contribution in [0.2, 0.25) is 0 Å². The number of nitrogens with one attached hydrogen (secondary N) is 1. The van der Waals surface area contributed by atoms with Gasteiger partial charge in [0.2, 0.25) is 10.0 Å². The highest BCUT2D eigenvalue weighted by Crippen LogP contribution is 2.25. The second kappa shape index (κ2) is 9.76. The zero-order valence-corrected chi connectivity index (χ0v) is 19.8. The van der Waals surface area contributed by atoms with E-state index >= 15 is 0 Å². The second-order valence-corrected chi connectivity index (χ2v) is 11.1. The van der Waals surface area contributed by atoms with E-state index in [0.29, 0.717) is 10.8 Å². The van der Waals surface area contributed by atoms with Crippen LogP contribution in [0.1, 0.15) is 37.6 Å². The van der Waals surface area contributed by atoms with Crippen LogP contribution in [0.25, 0.3) is 0 Å². The molecule has 0 spiro atoms. The van der Waals surface area contributed by atoms with Gasteiger partial charge in [0.25, 0.3) is 0 Å². The summed E-state index contributed by atoms with van der Waals surface area (Å²) in [5.74, 6) is -0.999. The standard InChI is InChI=1S/C22H26N4O4S2/c1-22(2,3)17-8-6-16(7-9-17)13-26(32(29,30)19-5-4-10-23-11-19)14-18-15-31-21(25-18)24-12-20(27)28/h4-11,15H,12-14H2,1-3H3,(H,24,25)(H,27,28). The first-order chi connectivity index (χ1) is 15.1. The molecule has 0 aliphatic heterocycles. The highest BCUT2D eigenvalue weighted by atomic mass is 32.2. The normalized spacial score (nSPS) is 12.1. The van der Waals surface area contributed by atoms with Crippen molar-refractivity contribution in [1.82, 2.24) is 14.3 Å².